The average molecular weight is 311 g/mol. The Labute approximate surface area is 133 Å². The van der Waals surface area contributed by atoms with Crippen LogP contribution in [-0.4, -0.2) is 29.6 Å². The van der Waals surface area contributed by atoms with Crippen molar-refractivity contribution in [2.24, 2.45) is 0 Å². The van der Waals surface area contributed by atoms with Crippen LogP contribution in [0.2, 0.25) is 0 Å². The molecular formula is C17H17N3O3. The monoisotopic (exact) mass is 311 g/mol. The summed E-state index contributed by atoms with van der Waals surface area (Å²) in [6.45, 7) is 2.27. The van der Waals surface area contributed by atoms with E-state index in [2.05, 4.69) is 10.5 Å². The van der Waals surface area contributed by atoms with Crippen LogP contribution >= 0.6 is 0 Å². The highest BCUT2D eigenvalue weighted by atomic mass is 16.5. The Balaban J connectivity index is 1.71. The molecule has 1 aliphatic heterocycles. The Bertz CT molecular complexity index is 779. The summed E-state index contributed by atoms with van der Waals surface area (Å²) < 4.78 is 5.25. The Morgan fingerprint density at radius 2 is 2.13 bits per heavy atom. The number of carbonyl (C=O) groups excluding carboxylic acids is 2. The SMILES string of the molecule is CC1CN(C(=O)c2cc(C3CC3)no2)c2ccccc2C(=O)N1. The quantitative estimate of drug-likeness (QED) is 0.923. The largest absolute Gasteiger partial charge is 0.351 e. The Morgan fingerprint density at radius 3 is 2.91 bits per heavy atom. The molecule has 2 aromatic rings. The number of carbonyl (C=O) groups is 2. The normalized spacial score (nSPS) is 20.7. The molecule has 2 aliphatic rings. The van der Waals surface area contributed by atoms with Gasteiger partial charge >= 0.3 is 0 Å². The molecule has 2 heterocycles. The summed E-state index contributed by atoms with van der Waals surface area (Å²) in [6.07, 6.45) is 2.20. The van der Waals surface area contributed by atoms with E-state index in [0.717, 1.165) is 18.5 Å². The van der Waals surface area contributed by atoms with Gasteiger partial charge in [0.1, 0.15) is 0 Å². The van der Waals surface area contributed by atoms with Crippen LogP contribution in [0.25, 0.3) is 0 Å². The van der Waals surface area contributed by atoms with Gasteiger partial charge in [0.15, 0.2) is 0 Å². The highest BCUT2D eigenvalue weighted by Crippen LogP contribution is 2.39. The number of fused-ring (bicyclic) bond motifs is 1. The highest BCUT2D eigenvalue weighted by Gasteiger charge is 2.32. The van der Waals surface area contributed by atoms with Gasteiger partial charge in [0.2, 0.25) is 5.76 Å². The molecule has 1 fully saturated rings. The number of amides is 2. The van der Waals surface area contributed by atoms with E-state index in [9.17, 15) is 9.59 Å². The molecule has 1 aliphatic carbocycles. The summed E-state index contributed by atoms with van der Waals surface area (Å²) in [5.74, 6) is 0.224. The first-order valence-corrected chi connectivity index (χ1v) is 7.82. The zero-order valence-corrected chi connectivity index (χ0v) is 12.8. The van der Waals surface area contributed by atoms with Crippen molar-refractivity contribution in [3.63, 3.8) is 0 Å². The first kappa shape index (κ1) is 14.0. The predicted octanol–water partition coefficient (Wildman–Crippen LogP) is 2.33. The van der Waals surface area contributed by atoms with E-state index in [1.165, 1.54) is 0 Å². The van der Waals surface area contributed by atoms with E-state index in [4.69, 9.17) is 4.52 Å². The lowest BCUT2D eigenvalue weighted by Crippen LogP contribution is -2.40. The molecule has 1 N–H and O–H groups in total. The lowest BCUT2D eigenvalue weighted by atomic mass is 10.1. The standard InChI is InChI=1S/C17H17N3O3/c1-10-9-20(14-5-3-2-4-12(14)16(21)18-10)17(22)15-8-13(19-23-15)11-6-7-11/h2-5,8,10-11H,6-7,9H2,1H3,(H,18,21). The zero-order valence-electron chi connectivity index (χ0n) is 12.8. The van der Waals surface area contributed by atoms with E-state index >= 15 is 0 Å². The van der Waals surface area contributed by atoms with E-state index in [1.54, 1.807) is 29.2 Å². The van der Waals surface area contributed by atoms with Gasteiger partial charge in [-0.3, -0.25) is 9.59 Å². The van der Waals surface area contributed by atoms with E-state index in [-0.39, 0.29) is 23.6 Å². The fourth-order valence-electron chi connectivity index (χ4n) is 2.91. The maximum Gasteiger partial charge on any atom is 0.296 e. The van der Waals surface area contributed by atoms with Crippen molar-refractivity contribution in [1.82, 2.24) is 10.5 Å². The molecule has 0 bridgehead atoms. The van der Waals surface area contributed by atoms with Crippen molar-refractivity contribution in [3.8, 4) is 0 Å². The van der Waals surface area contributed by atoms with Crippen LogP contribution in [0.3, 0.4) is 0 Å². The molecule has 1 saturated carbocycles. The topological polar surface area (TPSA) is 75.4 Å². The fraction of sp³-hybridized carbons (Fsp3) is 0.353. The number of rotatable bonds is 2. The summed E-state index contributed by atoms with van der Waals surface area (Å²) in [7, 11) is 0. The van der Waals surface area contributed by atoms with Gasteiger partial charge in [-0.15, -0.1) is 0 Å². The van der Waals surface area contributed by atoms with Crippen LogP contribution in [0.1, 0.15) is 52.3 Å². The summed E-state index contributed by atoms with van der Waals surface area (Å²) in [6, 6.07) is 8.69. The lowest BCUT2D eigenvalue weighted by Gasteiger charge is -2.22. The molecule has 1 unspecified atom stereocenters. The van der Waals surface area contributed by atoms with Gasteiger partial charge in [-0.25, -0.2) is 0 Å². The van der Waals surface area contributed by atoms with Crippen molar-refractivity contribution in [1.29, 1.82) is 0 Å². The molecule has 6 heteroatoms. The van der Waals surface area contributed by atoms with Crippen molar-refractivity contribution >= 4 is 17.5 Å². The molecule has 0 radical (unpaired) electrons. The van der Waals surface area contributed by atoms with Gasteiger partial charge in [-0.1, -0.05) is 17.3 Å². The number of nitrogens with zero attached hydrogens (tertiary/aromatic N) is 2. The Hall–Kier alpha value is -2.63. The fourth-order valence-corrected chi connectivity index (χ4v) is 2.91. The number of anilines is 1. The molecule has 2 amide bonds. The van der Waals surface area contributed by atoms with E-state index in [0.29, 0.717) is 23.7 Å². The maximum atomic E-state index is 12.9. The smallest absolute Gasteiger partial charge is 0.296 e. The van der Waals surface area contributed by atoms with E-state index in [1.807, 2.05) is 13.0 Å². The molecule has 0 saturated heterocycles. The number of benzene rings is 1. The summed E-state index contributed by atoms with van der Waals surface area (Å²) in [5.41, 5.74) is 1.94. The van der Waals surface area contributed by atoms with Gasteiger partial charge in [0, 0.05) is 24.6 Å². The molecule has 0 spiro atoms. The minimum atomic E-state index is -0.264. The van der Waals surface area contributed by atoms with Crippen LogP contribution in [-0.2, 0) is 0 Å². The minimum Gasteiger partial charge on any atom is -0.351 e. The maximum absolute atomic E-state index is 12.9. The van der Waals surface area contributed by atoms with Gasteiger partial charge in [-0.05, 0) is 31.9 Å². The number of aromatic nitrogens is 1. The molecule has 6 nitrogen and oxygen atoms in total. The third-order valence-electron chi connectivity index (χ3n) is 4.25. The first-order valence-electron chi connectivity index (χ1n) is 7.82. The molecule has 1 atom stereocenters. The average Bonchev–Trinajstić information content (AvgIpc) is 3.30. The second-order valence-corrected chi connectivity index (χ2v) is 6.20. The predicted molar refractivity (Wildman–Crippen MR) is 83.5 cm³/mol. The zero-order chi connectivity index (χ0) is 16.0. The van der Waals surface area contributed by atoms with Gasteiger partial charge < -0.3 is 14.7 Å². The van der Waals surface area contributed by atoms with E-state index < -0.39 is 0 Å². The Morgan fingerprint density at radius 1 is 1.35 bits per heavy atom. The van der Waals surface area contributed by atoms with Crippen LogP contribution < -0.4 is 10.2 Å². The van der Waals surface area contributed by atoms with Crippen molar-refractivity contribution < 1.29 is 14.1 Å². The van der Waals surface area contributed by atoms with Crippen LogP contribution in [0.15, 0.2) is 34.9 Å². The van der Waals surface area contributed by atoms with Crippen LogP contribution in [0.5, 0.6) is 0 Å². The van der Waals surface area contributed by atoms with Crippen LogP contribution in [0, 0.1) is 0 Å². The van der Waals surface area contributed by atoms with Crippen molar-refractivity contribution in [2.75, 3.05) is 11.4 Å². The second-order valence-electron chi connectivity index (χ2n) is 6.20. The molecular weight excluding hydrogens is 294 g/mol. The first-order chi connectivity index (χ1) is 11.1. The Kier molecular flexibility index (Phi) is 3.18. The van der Waals surface area contributed by atoms with Gasteiger partial charge in [0.25, 0.3) is 11.8 Å². The second kappa shape index (κ2) is 5.22. The third kappa shape index (κ3) is 2.50. The molecule has 4 rings (SSSR count). The van der Waals surface area contributed by atoms with Crippen molar-refractivity contribution in [2.45, 2.75) is 31.7 Å². The number of hydrogen-bond acceptors (Lipinski definition) is 4. The summed E-state index contributed by atoms with van der Waals surface area (Å²) in [5, 5.41) is 6.89. The molecule has 23 heavy (non-hydrogen) atoms. The summed E-state index contributed by atoms with van der Waals surface area (Å²) >= 11 is 0. The molecule has 1 aromatic carbocycles. The molecule has 118 valence electrons. The minimum absolute atomic E-state index is 0.148. The highest BCUT2D eigenvalue weighted by molar-refractivity contribution is 6.10. The number of para-hydroxylation sites is 1. The van der Waals surface area contributed by atoms with Gasteiger partial charge in [0.05, 0.1) is 16.9 Å². The number of hydrogen-bond donors (Lipinski definition) is 1. The van der Waals surface area contributed by atoms with Crippen LogP contribution in [0.4, 0.5) is 5.69 Å². The van der Waals surface area contributed by atoms with Crippen molar-refractivity contribution in [3.05, 3.63) is 47.3 Å². The lowest BCUT2D eigenvalue weighted by molar-refractivity contribution is 0.0930. The molecule has 1 aromatic heterocycles. The third-order valence-corrected chi connectivity index (χ3v) is 4.25. The van der Waals surface area contributed by atoms with Gasteiger partial charge in [-0.2, -0.15) is 0 Å². The number of nitrogens with one attached hydrogen (secondary N) is 1. The summed E-state index contributed by atoms with van der Waals surface area (Å²) in [4.78, 5) is 26.7.